The van der Waals surface area contributed by atoms with Crippen LogP contribution in [0.15, 0.2) is 23.7 Å². The lowest BCUT2D eigenvalue weighted by Crippen LogP contribution is -2.24. The Bertz CT molecular complexity index is 580. The molecule has 3 heterocycles. The van der Waals surface area contributed by atoms with Gasteiger partial charge in [0.25, 0.3) is 0 Å². The van der Waals surface area contributed by atoms with Crippen LogP contribution in [0.2, 0.25) is 0 Å². The van der Waals surface area contributed by atoms with Crippen molar-refractivity contribution in [3.05, 3.63) is 29.3 Å². The first-order chi connectivity index (χ1) is 9.81. The maximum Gasteiger partial charge on any atom is 0.0794 e. The number of hydrogen-bond donors (Lipinski definition) is 2. The summed E-state index contributed by atoms with van der Waals surface area (Å²) in [6.45, 7) is 3.08. The normalized spacial score (nSPS) is 29.9. The number of hydrogen-bond acceptors (Lipinski definition) is 4. The van der Waals surface area contributed by atoms with Crippen LogP contribution in [0.1, 0.15) is 18.4 Å². The minimum Gasteiger partial charge on any atom is -0.393 e. The summed E-state index contributed by atoms with van der Waals surface area (Å²) in [5, 5.41) is 19.4. The minimum absolute atomic E-state index is 0.0777. The predicted molar refractivity (Wildman–Crippen MR) is 79.4 cm³/mol. The third-order valence-corrected chi connectivity index (χ3v) is 5.66. The predicted octanol–water partition coefficient (Wildman–Crippen LogP) is 2.34. The Kier molecular flexibility index (Phi) is 3.13. The van der Waals surface area contributed by atoms with E-state index in [2.05, 4.69) is 32.6 Å². The minimum atomic E-state index is -0.0777. The lowest BCUT2D eigenvalue weighted by molar-refractivity contribution is 0.123. The molecule has 4 nitrogen and oxygen atoms in total. The summed E-state index contributed by atoms with van der Waals surface area (Å²) in [5.41, 5.74) is 2.42. The average molecular weight is 289 g/mol. The van der Waals surface area contributed by atoms with Crippen molar-refractivity contribution in [3.8, 4) is 10.6 Å². The molecule has 4 rings (SSSR count). The molecule has 1 saturated heterocycles. The fraction of sp³-hybridized carbons (Fsp3) is 0.533. The summed E-state index contributed by atoms with van der Waals surface area (Å²) < 4.78 is 0. The third kappa shape index (κ3) is 2.10. The molecule has 3 atom stereocenters. The molecule has 0 aromatic carbocycles. The number of aromatic amines is 1. The lowest BCUT2D eigenvalue weighted by atomic mass is 10.00. The second kappa shape index (κ2) is 4.98. The van der Waals surface area contributed by atoms with E-state index >= 15 is 0 Å². The van der Waals surface area contributed by atoms with Crippen molar-refractivity contribution in [3.63, 3.8) is 0 Å². The highest BCUT2D eigenvalue weighted by molar-refractivity contribution is 7.13. The molecule has 0 amide bonds. The Labute approximate surface area is 122 Å². The quantitative estimate of drug-likeness (QED) is 0.912. The van der Waals surface area contributed by atoms with Gasteiger partial charge in [-0.3, -0.25) is 10.00 Å². The van der Waals surface area contributed by atoms with Crippen molar-refractivity contribution in [1.82, 2.24) is 15.1 Å². The van der Waals surface area contributed by atoms with E-state index in [0.717, 1.165) is 31.7 Å². The van der Waals surface area contributed by atoms with Gasteiger partial charge in [-0.1, -0.05) is 6.07 Å². The van der Waals surface area contributed by atoms with Gasteiger partial charge in [0, 0.05) is 31.1 Å². The molecule has 2 aromatic heterocycles. The molecule has 0 bridgehead atoms. The number of likely N-dealkylation sites (tertiary alicyclic amines) is 1. The van der Waals surface area contributed by atoms with Crippen LogP contribution in [0.4, 0.5) is 0 Å². The zero-order valence-corrected chi connectivity index (χ0v) is 12.1. The molecular weight excluding hydrogens is 270 g/mol. The number of H-pyrrole nitrogens is 1. The summed E-state index contributed by atoms with van der Waals surface area (Å²) >= 11 is 1.74. The first kappa shape index (κ1) is 12.6. The van der Waals surface area contributed by atoms with Gasteiger partial charge in [-0.15, -0.1) is 11.3 Å². The van der Waals surface area contributed by atoms with Crippen molar-refractivity contribution in [1.29, 1.82) is 0 Å². The zero-order valence-electron chi connectivity index (χ0n) is 11.3. The van der Waals surface area contributed by atoms with Crippen molar-refractivity contribution in [2.45, 2.75) is 25.5 Å². The molecule has 2 aromatic rings. The van der Waals surface area contributed by atoms with Gasteiger partial charge in [-0.2, -0.15) is 5.10 Å². The lowest BCUT2D eigenvalue weighted by Gasteiger charge is -2.17. The Morgan fingerprint density at radius 1 is 1.40 bits per heavy atom. The fourth-order valence-corrected chi connectivity index (χ4v) is 4.52. The van der Waals surface area contributed by atoms with Crippen molar-refractivity contribution in [2.24, 2.45) is 11.8 Å². The molecule has 20 heavy (non-hydrogen) atoms. The molecule has 1 saturated carbocycles. The molecule has 0 radical (unpaired) electrons. The maximum absolute atomic E-state index is 10.0. The molecule has 2 N–H and O–H groups in total. The van der Waals surface area contributed by atoms with Gasteiger partial charge >= 0.3 is 0 Å². The number of thiophene rings is 1. The number of aliphatic hydroxyl groups is 1. The fourth-order valence-electron chi connectivity index (χ4n) is 3.76. The van der Waals surface area contributed by atoms with E-state index in [1.165, 1.54) is 16.9 Å². The van der Waals surface area contributed by atoms with E-state index in [1.54, 1.807) is 11.3 Å². The standard InChI is InChI=1S/C15H19N3OS/c19-13-4-3-10-7-18(9-12(10)13)8-11-6-16-17-15(11)14-2-1-5-20-14/h1-2,5-6,10,12-13,19H,3-4,7-9H2,(H,16,17)/t10-,12+,13-/m1/s1. The number of fused-ring (bicyclic) bond motifs is 1. The van der Waals surface area contributed by atoms with Crippen LogP contribution in [-0.4, -0.2) is 39.4 Å². The van der Waals surface area contributed by atoms with Crippen LogP contribution in [0, 0.1) is 11.8 Å². The molecule has 2 aliphatic rings. The Balaban J connectivity index is 1.50. The molecule has 106 valence electrons. The third-order valence-electron chi connectivity index (χ3n) is 4.77. The monoisotopic (exact) mass is 289 g/mol. The second-order valence-corrected chi connectivity index (χ2v) is 6.96. The topological polar surface area (TPSA) is 52.1 Å². The number of aliphatic hydroxyl groups excluding tert-OH is 1. The first-order valence-electron chi connectivity index (χ1n) is 7.28. The van der Waals surface area contributed by atoms with Crippen LogP contribution in [0.3, 0.4) is 0 Å². The second-order valence-electron chi connectivity index (χ2n) is 6.01. The molecular formula is C15H19N3OS. The number of aromatic nitrogens is 2. The highest BCUT2D eigenvalue weighted by Gasteiger charge is 2.41. The van der Waals surface area contributed by atoms with Crippen molar-refractivity contribution in [2.75, 3.05) is 13.1 Å². The van der Waals surface area contributed by atoms with Gasteiger partial charge in [0.1, 0.15) is 0 Å². The van der Waals surface area contributed by atoms with E-state index in [1.807, 2.05) is 6.20 Å². The van der Waals surface area contributed by atoms with Gasteiger partial charge in [-0.05, 0) is 30.2 Å². The Morgan fingerprint density at radius 2 is 2.35 bits per heavy atom. The Morgan fingerprint density at radius 3 is 3.15 bits per heavy atom. The number of rotatable bonds is 3. The van der Waals surface area contributed by atoms with E-state index in [-0.39, 0.29) is 6.10 Å². The Hall–Kier alpha value is -1.17. The molecule has 0 spiro atoms. The van der Waals surface area contributed by atoms with E-state index < -0.39 is 0 Å². The van der Waals surface area contributed by atoms with Gasteiger partial charge in [0.15, 0.2) is 0 Å². The van der Waals surface area contributed by atoms with Gasteiger partial charge in [0.05, 0.1) is 22.9 Å². The van der Waals surface area contributed by atoms with E-state index in [9.17, 15) is 5.11 Å². The summed E-state index contributed by atoms with van der Waals surface area (Å²) in [5.74, 6) is 1.19. The zero-order chi connectivity index (χ0) is 13.5. The highest BCUT2D eigenvalue weighted by Crippen LogP contribution is 2.39. The number of nitrogens with one attached hydrogen (secondary N) is 1. The summed E-state index contributed by atoms with van der Waals surface area (Å²) in [7, 11) is 0. The van der Waals surface area contributed by atoms with Crippen LogP contribution in [0.5, 0.6) is 0 Å². The smallest absolute Gasteiger partial charge is 0.0794 e. The summed E-state index contributed by atoms with van der Waals surface area (Å²) in [6, 6.07) is 4.20. The van der Waals surface area contributed by atoms with Crippen molar-refractivity contribution < 1.29 is 5.11 Å². The summed E-state index contributed by atoms with van der Waals surface area (Å²) in [4.78, 5) is 3.72. The average Bonchev–Trinajstić information content (AvgIpc) is 3.17. The number of nitrogens with zero attached hydrogens (tertiary/aromatic N) is 2. The SMILES string of the molecule is O[C@@H]1CC[C@@H]2CN(Cc3cn[nH]c3-c3cccs3)C[C@@H]21. The van der Waals surface area contributed by atoms with E-state index in [0.29, 0.717) is 11.8 Å². The van der Waals surface area contributed by atoms with Crippen molar-refractivity contribution >= 4 is 11.3 Å². The van der Waals surface area contributed by atoms with Crippen LogP contribution < -0.4 is 0 Å². The van der Waals surface area contributed by atoms with Crippen LogP contribution in [0.25, 0.3) is 10.6 Å². The summed E-state index contributed by atoms with van der Waals surface area (Å²) in [6.07, 6.45) is 4.05. The molecule has 2 fully saturated rings. The van der Waals surface area contributed by atoms with Crippen LogP contribution in [-0.2, 0) is 6.54 Å². The van der Waals surface area contributed by atoms with Gasteiger partial charge < -0.3 is 5.11 Å². The molecule has 1 aliphatic carbocycles. The largest absolute Gasteiger partial charge is 0.393 e. The van der Waals surface area contributed by atoms with Crippen LogP contribution >= 0.6 is 11.3 Å². The molecule has 1 aliphatic heterocycles. The molecule has 0 unspecified atom stereocenters. The van der Waals surface area contributed by atoms with Gasteiger partial charge in [-0.25, -0.2) is 0 Å². The van der Waals surface area contributed by atoms with E-state index in [4.69, 9.17) is 0 Å². The first-order valence-corrected chi connectivity index (χ1v) is 8.16. The van der Waals surface area contributed by atoms with Gasteiger partial charge in [0.2, 0.25) is 0 Å². The molecule has 5 heteroatoms. The highest BCUT2D eigenvalue weighted by atomic mass is 32.1. The maximum atomic E-state index is 10.0.